The number of fused-ring (bicyclic) bond motifs is 3. The van der Waals surface area contributed by atoms with E-state index in [0.29, 0.717) is 18.6 Å². The standard InChI is InChI=1S/C21H31N5O2S/c1-25(2)14-6-4-13(5-7-14)24-19-18-17-15(21(28)26(3)10-11-27)8-9-16(17)29-20(18)23-12-22-19/h12-15,27H,4-11H2,1-3H3,(H,22,23,24). The highest BCUT2D eigenvalue weighted by atomic mass is 32.1. The summed E-state index contributed by atoms with van der Waals surface area (Å²) in [6, 6.07) is 1.07. The summed E-state index contributed by atoms with van der Waals surface area (Å²) in [7, 11) is 6.09. The maximum atomic E-state index is 13.0. The summed E-state index contributed by atoms with van der Waals surface area (Å²) in [5.41, 5.74) is 1.12. The molecule has 2 aromatic rings. The van der Waals surface area contributed by atoms with Crippen molar-refractivity contribution >= 4 is 33.3 Å². The summed E-state index contributed by atoms with van der Waals surface area (Å²) in [5.74, 6) is 0.801. The summed E-state index contributed by atoms with van der Waals surface area (Å²) in [4.78, 5) is 28.3. The van der Waals surface area contributed by atoms with Gasteiger partial charge in [-0.15, -0.1) is 11.3 Å². The van der Waals surface area contributed by atoms with E-state index in [2.05, 4.69) is 34.3 Å². The molecule has 2 aromatic heterocycles. The van der Waals surface area contributed by atoms with Crippen LogP contribution in [0.2, 0.25) is 0 Å². The molecule has 0 radical (unpaired) electrons. The minimum absolute atomic E-state index is 0.0161. The monoisotopic (exact) mass is 417 g/mol. The highest BCUT2D eigenvalue weighted by Crippen LogP contribution is 2.46. The Morgan fingerprint density at radius 1 is 1.21 bits per heavy atom. The van der Waals surface area contributed by atoms with Crippen LogP contribution in [-0.4, -0.2) is 77.2 Å². The van der Waals surface area contributed by atoms with E-state index in [1.807, 2.05) is 0 Å². The molecule has 7 nitrogen and oxygen atoms in total. The number of thiophene rings is 1. The number of carbonyl (C=O) groups excluding carboxylic acids is 1. The summed E-state index contributed by atoms with van der Waals surface area (Å²) >= 11 is 1.70. The van der Waals surface area contributed by atoms with Crippen molar-refractivity contribution in [2.24, 2.45) is 0 Å². The summed E-state index contributed by atoms with van der Waals surface area (Å²) in [6.45, 7) is 0.348. The van der Waals surface area contributed by atoms with Gasteiger partial charge in [-0.05, 0) is 58.2 Å². The lowest BCUT2D eigenvalue weighted by atomic mass is 9.90. The number of anilines is 1. The first-order valence-corrected chi connectivity index (χ1v) is 11.4. The third kappa shape index (κ3) is 3.98. The van der Waals surface area contributed by atoms with Crippen LogP contribution in [0.3, 0.4) is 0 Å². The molecule has 1 unspecified atom stereocenters. The van der Waals surface area contributed by atoms with Gasteiger partial charge in [0.1, 0.15) is 17.0 Å². The Morgan fingerprint density at radius 3 is 2.66 bits per heavy atom. The number of nitrogens with zero attached hydrogens (tertiary/aromatic N) is 4. The van der Waals surface area contributed by atoms with Gasteiger partial charge in [0.25, 0.3) is 0 Å². The topological polar surface area (TPSA) is 81.6 Å². The van der Waals surface area contributed by atoms with Crippen molar-refractivity contribution in [1.29, 1.82) is 0 Å². The number of aliphatic hydroxyl groups excluding tert-OH is 1. The van der Waals surface area contributed by atoms with E-state index in [0.717, 1.165) is 47.3 Å². The molecule has 1 amide bonds. The first kappa shape index (κ1) is 20.5. The average Bonchev–Trinajstić information content (AvgIpc) is 3.27. The van der Waals surface area contributed by atoms with Crippen LogP contribution in [0.15, 0.2) is 6.33 Å². The van der Waals surface area contributed by atoms with Crippen LogP contribution in [0.5, 0.6) is 0 Å². The van der Waals surface area contributed by atoms with E-state index in [1.54, 1.807) is 29.6 Å². The molecule has 2 aliphatic carbocycles. The van der Waals surface area contributed by atoms with Gasteiger partial charge in [0, 0.05) is 30.6 Å². The zero-order valence-electron chi connectivity index (χ0n) is 17.5. The highest BCUT2D eigenvalue weighted by Gasteiger charge is 2.36. The molecule has 2 heterocycles. The van der Waals surface area contributed by atoms with Crippen LogP contribution in [0.1, 0.15) is 48.5 Å². The fraction of sp³-hybridized carbons (Fsp3) is 0.667. The van der Waals surface area contributed by atoms with Crippen molar-refractivity contribution in [3.63, 3.8) is 0 Å². The number of carbonyl (C=O) groups is 1. The highest BCUT2D eigenvalue weighted by molar-refractivity contribution is 7.19. The summed E-state index contributed by atoms with van der Waals surface area (Å²) in [5, 5.41) is 13.9. The Kier molecular flexibility index (Phi) is 6.03. The average molecular weight is 418 g/mol. The third-order valence-corrected chi connectivity index (χ3v) is 7.66. The van der Waals surface area contributed by atoms with Crippen LogP contribution in [-0.2, 0) is 11.2 Å². The number of likely N-dealkylation sites (N-methyl/N-ethyl adjacent to an activating group) is 1. The van der Waals surface area contributed by atoms with Gasteiger partial charge >= 0.3 is 0 Å². The first-order valence-electron chi connectivity index (χ1n) is 10.5. The predicted octanol–water partition coefficient (Wildman–Crippen LogP) is 2.46. The number of aromatic nitrogens is 2. The zero-order chi connectivity index (χ0) is 20.5. The number of nitrogens with one attached hydrogen (secondary N) is 1. The van der Waals surface area contributed by atoms with E-state index in [9.17, 15) is 9.90 Å². The molecule has 0 saturated heterocycles. The van der Waals surface area contributed by atoms with Crippen molar-refractivity contribution in [3.05, 3.63) is 16.8 Å². The van der Waals surface area contributed by atoms with Crippen LogP contribution >= 0.6 is 11.3 Å². The van der Waals surface area contributed by atoms with Gasteiger partial charge < -0.3 is 20.2 Å². The van der Waals surface area contributed by atoms with Crippen molar-refractivity contribution in [2.45, 2.75) is 56.5 Å². The molecule has 2 aliphatic rings. The number of hydrogen-bond acceptors (Lipinski definition) is 7. The molecule has 1 fully saturated rings. The largest absolute Gasteiger partial charge is 0.395 e. The lowest BCUT2D eigenvalue weighted by Crippen LogP contribution is -2.36. The van der Waals surface area contributed by atoms with E-state index in [-0.39, 0.29) is 18.4 Å². The molecular formula is C21H31N5O2S. The van der Waals surface area contributed by atoms with Gasteiger partial charge in [-0.25, -0.2) is 9.97 Å². The number of aryl methyl sites for hydroxylation is 1. The second-order valence-electron chi connectivity index (χ2n) is 8.53. The molecule has 0 aliphatic heterocycles. The van der Waals surface area contributed by atoms with Crippen molar-refractivity contribution in [1.82, 2.24) is 19.8 Å². The molecule has 2 N–H and O–H groups in total. The zero-order valence-corrected chi connectivity index (χ0v) is 18.3. The molecule has 29 heavy (non-hydrogen) atoms. The minimum atomic E-state index is -0.161. The maximum absolute atomic E-state index is 13.0. The van der Waals surface area contributed by atoms with Crippen LogP contribution in [0.4, 0.5) is 5.82 Å². The maximum Gasteiger partial charge on any atom is 0.230 e. The molecular weight excluding hydrogens is 386 g/mol. The number of amides is 1. The van der Waals surface area contributed by atoms with E-state index in [1.165, 1.54) is 17.7 Å². The molecule has 158 valence electrons. The fourth-order valence-electron chi connectivity index (χ4n) is 4.79. The van der Waals surface area contributed by atoms with Crippen molar-refractivity contribution in [3.8, 4) is 0 Å². The first-order chi connectivity index (χ1) is 14.0. The normalized spacial score (nSPS) is 24.1. The Hall–Kier alpha value is -1.77. The Labute approximate surface area is 176 Å². The van der Waals surface area contributed by atoms with Crippen LogP contribution in [0, 0.1) is 0 Å². The SMILES string of the molecule is CN(CCO)C(=O)C1CCc2sc3ncnc(NC4CCC(N(C)C)CC4)c3c21. The molecule has 1 saturated carbocycles. The smallest absolute Gasteiger partial charge is 0.230 e. The Bertz CT molecular complexity index is 875. The fourth-order valence-corrected chi connectivity index (χ4v) is 6.00. The summed E-state index contributed by atoms with van der Waals surface area (Å²) < 4.78 is 0. The Balaban J connectivity index is 1.60. The van der Waals surface area contributed by atoms with E-state index >= 15 is 0 Å². The minimum Gasteiger partial charge on any atom is -0.395 e. The van der Waals surface area contributed by atoms with Gasteiger partial charge in [0.2, 0.25) is 5.91 Å². The predicted molar refractivity (Wildman–Crippen MR) is 117 cm³/mol. The lowest BCUT2D eigenvalue weighted by Gasteiger charge is -2.33. The molecule has 4 rings (SSSR count). The third-order valence-electron chi connectivity index (χ3n) is 6.49. The van der Waals surface area contributed by atoms with Crippen LogP contribution in [0.25, 0.3) is 10.2 Å². The van der Waals surface area contributed by atoms with Crippen LogP contribution < -0.4 is 5.32 Å². The van der Waals surface area contributed by atoms with Gasteiger partial charge in [0.05, 0.1) is 17.9 Å². The van der Waals surface area contributed by atoms with Crippen molar-refractivity contribution < 1.29 is 9.90 Å². The summed E-state index contributed by atoms with van der Waals surface area (Å²) in [6.07, 6.45) is 8.00. The number of rotatable bonds is 6. The lowest BCUT2D eigenvalue weighted by molar-refractivity contribution is -0.131. The Morgan fingerprint density at radius 2 is 1.97 bits per heavy atom. The van der Waals surface area contributed by atoms with Gasteiger partial charge in [-0.1, -0.05) is 0 Å². The second-order valence-corrected chi connectivity index (χ2v) is 9.61. The quantitative estimate of drug-likeness (QED) is 0.751. The van der Waals surface area contributed by atoms with Gasteiger partial charge in [-0.3, -0.25) is 4.79 Å². The van der Waals surface area contributed by atoms with E-state index < -0.39 is 0 Å². The number of aliphatic hydroxyl groups is 1. The molecule has 8 heteroatoms. The molecule has 0 bridgehead atoms. The van der Waals surface area contributed by atoms with Crippen molar-refractivity contribution in [2.75, 3.05) is 39.6 Å². The van der Waals surface area contributed by atoms with Gasteiger partial charge in [0.15, 0.2) is 0 Å². The second kappa shape index (κ2) is 8.53. The molecule has 1 atom stereocenters. The van der Waals surface area contributed by atoms with Gasteiger partial charge in [-0.2, -0.15) is 0 Å². The molecule has 0 spiro atoms. The van der Waals surface area contributed by atoms with E-state index in [4.69, 9.17) is 0 Å². The molecule has 0 aromatic carbocycles. The number of hydrogen-bond donors (Lipinski definition) is 2.